The Balaban J connectivity index is 2.07. The molecule has 5 heteroatoms. The van der Waals surface area contributed by atoms with Crippen LogP contribution in [0.4, 0.5) is 0 Å². The van der Waals surface area contributed by atoms with Gasteiger partial charge >= 0.3 is 5.97 Å². The van der Waals surface area contributed by atoms with E-state index in [0.717, 1.165) is 24.8 Å². The fourth-order valence-corrected chi connectivity index (χ4v) is 5.94. The average Bonchev–Trinajstić information content (AvgIpc) is 2.59. The molecule has 0 aromatic heterocycles. The number of hydrogen-bond donors (Lipinski definition) is 1. The third-order valence-corrected chi connectivity index (χ3v) is 7.51. The van der Waals surface area contributed by atoms with E-state index in [-0.39, 0.29) is 35.9 Å². The molecule has 2 bridgehead atoms. The largest absolute Gasteiger partial charge is 0.457 e. The standard InChI is InChI=1S/C24H38O5/c1-7-8-19(26)29-24(6)12-11-18-23(5,27)13-17(25)20-15(4)9-10-16(14(2)3)21(20)22(24)28-18/h14,16,18,20-22,27H,4,7-13H2,1-3,5-6H3. The topological polar surface area (TPSA) is 72.8 Å². The van der Waals surface area contributed by atoms with Crippen molar-refractivity contribution in [3.63, 3.8) is 0 Å². The molecule has 0 amide bonds. The molecule has 1 N–H and O–H groups in total. The van der Waals surface area contributed by atoms with E-state index < -0.39 is 23.4 Å². The van der Waals surface area contributed by atoms with E-state index in [0.29, 0.717) is 25.2 Å². The van der Waals surface area contributed by atoms with Crippen LogP contribution in [0.25, 0.3) is 0 Å². The summed E-state index contributed by atoms with van der Waals surface area (Å²) in [4.78, 5) is 25.8. The third-order valence-electron chi connectivity index (χ3n) is 7.51. The molecule has 0 spiro atoms. The van der Waals surface area contributed by atoms with E-state index in [2.05, 4.69) is 20.4 Å². The van der Waals surface area contributed by atoms with Crippen molar-refractivity contribution >= 4 is 11.8 Å². The molecular weight excluding hydrogens is 368 g/mol. The molecule has 2 saturated heterocycles. The van der Waals surface area contributed by atoms with Crippen LogP contribution in [0.1, 0.15) is 79.6 Å². The smallest absolute Gasteiger partial charge is 0.306 e. The molecule has 0 aromatic carbocycles. The first-order valence-corrected chi connectivity index (χ1v) is 11.3. The lowest BCUT2D eigenvalue weighted by atomic mass is 9.58. The second-order valence-electron chi connectivity index (χ2n) is 10.3. The highest BCUT2D eigenvalue weighted by atomic mass is 16.6. The Labute approximate surface area is 175 Å². The van der Waals surface area contributed by atoms with Gasteiger partial charge in [0.15, 0.2) is 0 Å². The van der Waals surface area contributed by atoms with Gasteiger partial charge in [-0.3, -0.25) is 9.59 Å². The van der Waals surface area contributed by atoms with Crippen LogP contribution in [0.5, 0.6) is 0 Å². The van der Waals surface area contributed by atoms with Crippen molar-refractivity contribution in [2.24, 2.45) is 23.7 Å². The van der Waals surface area contributed by atoms with Gasteiger partial charge in [0.2, 0.25) is 0 Å². The first kappa shape index (κ1) is 22.5. The van der Waals surface area contributed by atoms with Crippen molar-refractivity contribution in [2.75, 3.05) is 0 Å². The van der Waals surface area contributed by atoms with Gasteiger partial charge in [-0.05, 0) is 57.8 Å². The molecular formula is C24H38O5. The van der Waals surface area contributed by atoms with Crippen LogP contribution in [0.3, 0.4) is 0 Å². The monoisotopic (exact) mass is 406 g/mol. The van der Waals surface area contributed by atoms with Gasteiger partial charge in [-0.15, -0.1) is 0 Å². The second kappa shape index (κ2) is 8.14. The van der Waals surface area contributed by atoms with E-state index in [1.54, 1.807) is 6.92 Å². The molecule has 1 aliphatic carbocycles. The first-order chi connectivity index (χ1) is 13.5. The number of carbonyl (C=O) groups is 2. The van der Waals surface area contributed by atoms with Gasteiger partial charge in [0.1, 0.15) is 17.5 Å². The van der Waals surface area contributed by atoms with E-state index >= 15 is 0 Å². The lowest BCUT2D eigenvalue weighted by Gasteiger charge is -2.56. The molecule has 0 radical (unpaired) electrons. The zero-order valence-corrected chi connectivity index (χ0v) is 18.7. The molecule has 1 saturated carbocycles. The van der Waals surface area contributed by atoms with Crippen molar-refractivity contribution in [1.29, 1.82) is 0 Å². The van der Waals surface area contributed by atoms with E-state index in [1.807, 2.05) is 13.8 Å². The van der Waals surface area contributed by atoms with Crippen LogP contribution in [-0.2, 0) is 19.1 Å². The van der Waals surface area contributed by atoms with Gasteiger partial charge in [0.25, 0.3) is 0 Å². The summed E-state index contributed by atoms with van der Waals surface area (Å²) in [6.07, 6.45) is 3.31. The van der Waals surface area contributed by atoms with Crippen LogP contribution >= 0.6 is 0 Å². The molecule has 7 unspecified atom stereocenters. The maximum Gasteiger partial charge on any atom is 0.306 e. The Kier molecular flexibility index (Phi) is 6.31. The maximum absolute atomic E-state index is 13.4. The molecule has 164 valence electrons. The minimum absolute atomic E-state index is 0.0535. The predicted octanol–water partition coefficient (Wildman–Crippen LogP) is 4.21. The minimum atomic E-state index is -1.22. The molecule has 0 aromatic rings. The molecule has 7 atom stereocenters. The minimum Gasteiger partial charge on any atom is -0.457 e. The lowest BCUT2D eigenvalue weighted by molar-refractivity contribution is -0.255. The number of carbonyl (C=O) groups excluding carboxylic acids is 2. The summed E-state index contributed by atoms with van der Waals surface area (Å²) in [5, 5.41) is 11.1. The number of ketones is 1. The van der Waals surface area contributed by atoms with Gasteiger partial charge in [0.05, 0.1) is 11.7 Å². The van der Waals surface area contributed by atoms with Crippen molar-refractivity contribution in [3.8, 4) is 0 Å². The summed E-state index contributed by atoms with van der Waals surface area (Å²) in [6.45, 7) is 14.2. The summed E-state index contributed by atoms with van der Waals surface area (Å²) in [5.41, 5.74) is -1.09. The zero-order valence-electron chi connectivity index (χ0n) is 18.7. The zero-order chi connectivity index (χ0) is 21.6. The number of fused-ring (bicyclic) bond motifs is 4. The van der Waals surface area contributed by atoms with Crippen LogP contribution in [0.15, 0.2) is 12.2 Å². The van der Waals surface area contributed by atoms with Gasteiger partial charge in [-0.25, -0.2) is 0 Å². The van der Waals surface area contributed by atoms with E-state index in [4.69, 9.17) is 9.47 Å². The number of rotatable bonds is 4. The Morgan fingerprint density at radius 1 is 1.34 bits per heavy atom. The highest BCUT2D eigenvalue weighted by Crippen LogP contribution is 2.52. The van der Waals surface area contributed by atoms with E-state index in [1.165, 1.54) is 0 Å². The SMILES string of the molecule is C=C1CCC(C(C)C)C2C1C(=O)CC(C)(O)C1CCC(C)(OC(=O)CCC)C2O1. The van der Waals surface area contributed by atoms with Crippen LogP contribution in [0.2, 0.25) is 0 Å². The van der Waals surface area contributed by atoms with E-state index in [9.17, 15) is 14.7 Å². The van der Waals surface area contributed by atoms with Gasteiger partial charge < -0.3 is 14.6 Å². The first-order valence-electron chi connectivity index (χ1n) is 11.3. The highest BCUT2D eigenvalue weighted by molar-refractivity contribution is 5.85. The van der Waals surface area contributed by atoms with Crippen molar-refractivity contribution in [3.05, 3.63) is 12.2 Å². The Hall–Kier alpha value is -1.20. The molecule has 2 heterocycles. The lowest BCUT2D eigenvalue weighted by Crippen LogP contribution is -2.64. The molecule has 3 rings (SSSR count). The van der Waals surface area contributed by atoms with Gasteiger partial charge in [0, 0.05) is 24.7 Å². The molecule has 29 heavy (non-hydrogen) atoms. The second-order valence-corrected chi connectivity index (χ2v) is 10.3. The third kappa shape index (κ3) is 4.18. The Morgan fingerprint density at radius 3 is 2.66 bits per heavy atom. The molecule has 2 aliphatic heterocycles. The number of ether oxygens (including phenoxy) is 2. The molecule has 5 nitrogen and oxygen atoms in total. The Morgan fingerprint density at radius 2 is 2.03 bits per heavy atom. The normalized spacial score (nSPS) is 42.8. The number of allylic oxidation sites excluding steroid dienone is 1. The fourth-order valence-electron chi connectivity index (χ4n) is 5.94. The van der Waals surface area contributed by atoms with Crippen molar-refractivity contribution < 1.29 is 24.2 Å². The summed E-state index contributed by atoms with van der Waals surface area (Å²) in [5.74, 6) is 0.0635. The van der Waals surface area contributed by atoms with Crippen LogP contribution in [-0.4, -0.2) is 40.3 Å². The summed E-state index contributed by atoms with van der Waals surface area (Å²) in [7, 11) is 0. The number of esters is 1. The number of aliphatic hydroxyl groups is 1. The number of hydrogen-bond acceptors (Lipinski definition) is 5. The molecule has 3 fully saturated rings. The summed E-state index contributed by atoms with van der Waals surface area (Å²) < 4.78 is 12.6. The fraction of sp³-hybridized carbons (Fsp3) is 0.833. The maximum atomic E-state index is 13.4. The Bertz CT molecular complexity index is 666. The quantitative estimate of drug-likeness (QED) is 0.559. The summed E-state index contributed by atoms with van der Waals surface area (Å²) >= 11 is 0. The van der Waals surface area contributed by atoms with Crippen LogP contribution < -0.4 is 0 Å². The highest BCUT2D eigenvalue weighted by Gasteiger charge is 2.59. The van der Waals surface area contributed by atoms with Crippen LogP contribution in [0, 0.1) is 23.7 Å². The summed E-state index contributed by atoms with van der Waals surface area (Å²) in [6, 6.07) is 0. The van der Waals surface area contributed by atoms with Gasteiger partial charge in [-0.1, -0.05) is 32.9 Å². The van der Waals surface area contributed by atoms with Gasteiger partial charge in [-0.2, -0.15) is 0 Å². The van der Waals surface area contributed by atoms with Crippen molar-refractivity contribution in [2.45, 2.75) is 103 Å². The van der Waals surface area contributed by atoms with Crippen molar-refractivity contribution in [1.82, 2.24) is 0 Å². The average molecular weight is 407 g/mol. The predicted molar refractivity (Wildman–Crippen MR) is 111 cm³/mol. The molecule has 3 aliphatic rings. The number of Topliss-reactive ketones (excluding diaryl/α,β-unsaturated/α-hetero) is 1.